The Hall–Kier alpha value is -2.75. The zero-order valence-corrected chi connectivity index (χ0v) is 10.1. The third kappa shape index (κ3) is 2.04. The van der Waals surface area contributed by atoms with Gasteiger partial charge in [0.15, 0.2) is 5.82 Å². The molecule has 0 radical (unpaired) electrons. The van der Waals surface area contributed by atoms with Crippen LogP contribution in [-0.2, 0) is 0 Å². The molecule has 0 unspecified atom stereocenters. The number of carbonyl (C=O) groups is 1. The molecule has 0 saturated heterocycles. The first-order valence-electron chi connectivity index (χ1n) is 5.87. The predicted molar refractivity (Wildman–Crippen MR) is 73.5 cm³/mol. The van der Waals surface area contributed by atoms with Gasteiger partial charge in [0.25, 0.3) is 0 Å². The van der Waals surface area contributed by atoms with Gasteiger partial charge in [0.05, 0.1) is 11.1 Å². The molecular formula is C15H11N3O. The minimum absolute atomic E-state index is 0.429. The van der Waals surface area contributed by atoms with Crippen molar-refractivity contribution in [2.24, 2.45) is 5.73 Å². The van der Waals surface area contributed by atoms with Gasteiger partial charge in [-0.3, -0.25) is 4.79 Å². The number of benzene rings is 2. The van der Waals surface area contributed by atoms with Gasteiger partial charge in [0.2, 0.25) is 5.91 Å². The van der Waals surface area contributed by atoms with Crippen LogP contribution in [0.1, 0.15) is 10.4 Å². The largest absolute Gasteiger partial charge is 0.366 e. The fourth-order valence-electron chi connectivity index (χ4n) is 1.99. The number of rotatable bonds is 2. The number of carbonyl (C=O) groups excluding carboxylic acids is 1. The summed E-state index contributed by atoms with van der Waals surface area (Å²) in [6, 6.07) is 14.8. The molecule has 0 aliphatic heterocycles. The lowest BCUT2D eigenvalue weighted by Crippen LogP contribution is -2.12. The van der Waals surface area contributed by atoms with E-state index >= 15 is 0 Å². The highest BCUT2D eigenvalue weighted by molar-refractivity contribution is 5.99. The van der Waals surface area contributed by atoms with Gasteiger partial charge < -0.3 is 5.73 Å². The van der Waals surface area contributed by atoms with Crippen LogP contribution < -0.4 is 5.73 Å². The van der Waals surface area contributed by atoms with Gasteiger partial charge >= 0.3 is 0 Å². The predicted octanol–water partition coefficient (Wildman–Crippen LogP) is 2.40. The van der Waals surface area contributed by atoms with E-state index in [2.05, 4.69) is 9.97 Å². The maximum absolute atomic E-state index is 11.4. The lowest BCUT2D eigenvalue weighted by Gasteiger charge is -2.06. The maximum atomic E-state index is 11.4. The van der Waals surface area contributed by atoms with Crippen molar-refractivity contribution < 1.29 is 4.79 Å². The first-order chi connectivity index (χ1) is 9.25. The first-order valence-corrected chi connectivity index (χ1v) is 5.87. The summed E-state index contributed by atoms with van der Waals surface area (Å²) in [5.74, 6) is 0.0282. The molecule has 19 heavy (non-hydrogen) atoms. The molecule has 1 aromatic heterocycles. The highest BCUT2D eigenvalue weighted by Crippen LogP contribution is 2.21. The Kier molecular flexibility index (Phi) is 2.68. The number of hydrogen-bond donors (Lipinski definition) is 1. The number of primary amides is 1. The Morgan fingerprint density at radius 1 is 1.00 bits per heavy atom. The van der Waals surface area contributed by atoms with Crippen molar-refractivity contribution in [2.75, 3.05) is 0 Å². The van der Waals surface area contributed by atoms with Crippen LogP contribution in [-0.4, -0.2) is 15.9 Å². The Morgan fingerprint density at radius 3 is 2.58 bits per heavy atom. The molecule has 92 valence electrons. The molecule has 4 nitrogen and oxygen atoms in total. The van der Waals surface area contributed by atoms with Crippen LogP contribution in [0.3, 0.4) is 0 Å². The van der Waals surface area contributed by atoms with Gasteiger partial charge in [-0.1, -0.05) is 36.4 Å². The average Bonchev–Trinajstić information content (AvgIpc) is 2.46. The number of nitrogens with zero attached hydrogens (tertiary/aromatic N) is 2. The quantitative estimate of drug-likeness (QED) is 0.758. The van der Waals surface area contributed by atoms with E-state index in [1.165, 1.54) is 0 Å². The van der Waals surface area contributed by atoms with Crippen LogP contribution in [0, 0.1) is 0 Å². The Bertz CT molecular complexity index is 768. The summed E-state index contributed by atoms with van der Waals surface area (Å²) in [5, 5.41) is 0.961. The van der Waals surface area contributed by atoms with Gasteiger partial charge in [0, 0.05) is 17.1 Å². The number of hydrogen-bond acceptors (Lipinski definition) is 3. The van der Waals surface area contributed by atoms with E-state index < -0.39 is 5.91 Å². The standard InChI is InChI=1S/C15H11N3O/c16-14(19)11-6-2-3-7-12(11)15-17-9-10-5-1-4-8-13(10)18-15/h1-9H,(H2,16,19). The van der Waals surface area contributed by atoms with Crippen molar-refractivity contribution in [3.63, 3.8) is 0 Å². The minimum atomic E-state index is -0.479. The molecule has 0 bridgehead atoms. The second-order valence-electron chi connectivity index (χ2n) is 4.16. The second kappa shape index (κ2) is 4.49. The van der Waals surface area contributed by atoms with Gasteiger partial charge in [0.1, 0.15) is 0 Å². The first kappa shape index (κ1) is 11.3. The van der Waals surface area contributed by atoms with E-state index in [-0.39, 0.29) is 0 Å². The lowest BCUT2D eigenvalue weighted by molar-refractivity contribution is 0.100. The molecular weight excluding hydrogens is 238 g/mol. The average molecular weight is 249 g/mol. The number of fused-ring (bicyclic) bond motifs is 1. The molecule has 2 aromatic carbocycles. The van der Waals surface area contributed by atoms with Crippen molar-refractivity contribution in [1.29, 1.82) is 0 Å². The molecule has 0 saturated carbocycles. The number of amides is 1. The monoisotopic (exact) mass is 249 g/mol. The molecule has 0 atom stereocenters. The molecule has 0 fully saturated rings. The molecule has 3 rings (SSSR count). The zero-order chi connectivity index (χ0) is 13.2. The van der Waals surface area contributed by atoms with Crippen molar-refractivity contribution in [2.45, 2.75) is 0 Å². The summed E-state index contributed by atoms with van der Waals surface area (Å²) in [6.45, 7) is 0. The van der Waals surface area contributed by atoms with Crippen LogP contribution in [0.4, 0.5) is 0 Å². The molecule has 1 heterocycles. The third-order valence-corrected chi connectivity index (χ3v) is 2.92. The van der Waals surface area contributed by atoms with Crippen LogP contribution in [0.2, 0.25) is 0 Å². The Balaban J connectivity index is 2.22. The smallest absolute Gasteiger partial charge is 0.249 e. The van der Waals surface area contributed by atoms with E-state index in [1.807, 2.05) is 30.3 Å². The van der Waals surface area contributed by atoms with Crippen LogP contribution >= 0.6 is 0 Å². The molecule has 0 aliphatic rings. The molecule has 0 spiro atoms. The van der Waals surface area contributed by atoms with Crippen LogP contribution in [0.25, 0.3) is 22.3 Å². The third-order valence-electron chi connectivity index (χ3n) is 2.92. The summed E-state index contributed by atoms with van der Waals surface area (Å²) >= 11 is 0. The summed E-state index contributed by atoms with van der Waals surface area (Å²) in [4.78, 5) is 20.2. The normalized spacial score (nSPS) is 10.5. The van der Waals surface area contributed by atoms with Gasteiger partial charge in [-0.15, -0.1) is 0 Å². The van der Waals surface area contributed by atoms with Crippen molar-refractivity contribution in [3.8, 4) is 11.4 Å². The SMILES string of the molecule is NC(=O)c1ccccc1-c1ncc2ccccc2n1. The topological polar surface area (TPSA) is 68.9 Å². The molecule has 2 N–H and O–H groups in total. The molecule has 4 heteroatoms. The van der Waals surface area contributed by atoms with Gasteiger partial charge in [-0.25, -0.2) is 9.97 Å². The zero-order valence-electron chi connectivity index (χ0n) is 10.1. The van der Waals surface area contributed by atoms with Crippen molar-refractivity contribution >= 4 is 16.8 Å². The number of para-hydroxylation sites is 1. The van der Waals surface area contributed by atoms with Crippen LogP contribution in [0.15, 0.2) is 54.7 Å². The number of aromatic nitrogens is 2. The molecule has 0 aliphatic carbocycles. The maximum Gasteiger partial charge on any atom is 0.249 e. The van der Waals surface area contributed by atoms with E-state index in [0.717, 1.165) is 10.9 Å². The number of nitrogens with two attached hydrogens (primary N) is 1. The Morgan fingerprint density at radius 2 is 1.74 bits per heavy atom. The van der Waals surface area contributed by atoms with E-state index in [4.69, 9.17) is 5.73 Å². The summed E-state index contributed by atoms with van der Waals surface area (Å²) < 4.78 is 0. The molecule has 1 amide bonds. The van der Waals surface area contributed by atoms with E-state index in [9.17, 15) is 4.79 Å². The highest BCUT2D eigenvalue weighted by Gasteiger charge is 2.11. The van der Waals surface area contributed by atoms with E-state index in [0.29, 0.717) is 17.0 Å². The Labute approximate surface area is 109 Å². The lowest BCUT2D eigenvalue weighted by atomic mass is 10.1. The fraction of sp³-hybridized carbons (Fsp3) is 0. The van der Waals surface area contributed by atoms with Crippen molar-refractivity contribution in [1.82, 2.24) is 9.97 Å². The van der Waals surface area contributed by atoms with Gasteiger partial charge in [-0.2, -0.15) is 0 Å². The molecule has 3 aromatic rings. The summed E-state index contributed by atoms with van der Waals surface area (Å²) in [7, 11) is 0. The summed E-state index contributed by atoms with van der Waals surface area (Å²) in [5.41, 5.74) is 7.29. The summed E-state index contributed by atoms with van der Waals surface area (Å²) in [6.07, 6.45) is 1.75. The van der Waals surface area contributed by atoms with Crippen molar-refractivity contribution in [3.05, 3.63) is 60.3 Å². The fourth-order valence-corrected chi connectivity index (χ4v) is 1.99. The van der Waals surface area contributed by atoms with Gasteiger partial charge in [-0.05, 0) is 12.1 Å². The van der Waals surface area contributed by atoms with Crippen LogP contribution in [0.5, 0.6) is 0 Å². The highest BCUT2D eigenvalue weighted by atomic mass is 16.1. The second-order valence-corrected chi connectivity index (χ2v) is 4.16. The van der Waals surface area contributed by atoms with E-state index in [1.54, 1.807) is 24.4 Å². The minimum Gasteiger partial charge on any atom is -0.366 e.